The van der Waals surface area contributed by atoms with E-state index in [2.05, 4.69) is 0 Å². The van der Waals surface area contributed by atoms with E-state index in [9.17, 15) is 34.8 Å². The van der Waals surface area contributed by atoms with Crippen LogP contribution in [0.25, 0.3) is 0 Å². The molecule has 1 aliphatic carbocycles. The summed E-state index contributed by atoms with van der Waals surface area (Å²) in [6.07, 6.45) is -2.31. The van der Waals surface area contributed by atoms with Crippen LogP contribution in [0.3, 0.4) is 0 Å². The van der Waals surface area contributed by atoms with Crippen LogP contribution in [0.15, 0.2) is 0 Å². The summed E-state index contributed by atoms with van der Waals surface area (Å²) >= 11 is 0. The fraction of sp³-hybridized carbons (Fsp3) is 1.00. The van der Waals surface area contributed by atoms with Crippen molar-refractivity contribution in [3.63, 3.8) is 0 Å². The fourth-order valence-electron chi connectivity index (χ4n) is 1.23. The molecule has 0 heterocycles. The summed E-state index contributed by atoms with van der Waals surface area (Å²) in [6, 6.07) is 0. The Morgan fingerprint density at radius 1 is 1.07 bits per heavy atom. The number of hydrogen-bond donors (Lipinski definition) is 1. The Labute approximate surface area is 79.8 Å². The Kier molecular flexibility index (Phi) is 2.33. The average Bonchev–Trinajstić information content (AvgIpc) is 2.07. The van der Waals surface area contributed by atoms with Gasteiger partial charge in [0.1, 0.15) is 0 Å². The predicted octanol–water partition coefficient (Wildman–Crippen LogP) is 1.55. The number of rotatable bonds is 1. The van der Waals surface area contributed by atoms with E-state index in [-0.39, 0.29) is 0 Å². The molecule has 15 heavy (non-hydrogen) atoms. The number of alkyl halides is 6. The van der Waals surface area contributed by atoms with E-state index in [0.29, 0.717) is 0 Å². The van der Waals surface area contributed by atoms with Gasteiger partial charge in [-0.25, -0.2) is 0 Å². The molecule has 0 aromatic carbocycles. The number of hydrogen-bond acceptors (Lipinski definition) is 2. The number of halogens is 6. The smallest absolute Gasteiger partial charge is 0.285 e. The molecule has 0 amide bonds. The SMILES string of the molecule is O=S(=O)(O)C1CC(F)(F)C(F)(F)C1(F)F. The van der Waals surface area contributed by atoms with Gasteiger partial charge in [-0.1, -0.05) is 0 Å². The standard InChI is InChI=1S/C5H4F6O3S/c6-3(7)1-2(15(12,13)14)4(8,9)5(3,10)11/h2H,1H2,(H,12,13,14). The molecule has 0 aromatic heterocycles. The van der Waals surface area contributed by atoms with Crippen LogP contribution in [0, 0.1) is 0 Å². The highest BCUT2D eigenvalue weighted by molar-refractivity contribution is 7.86. The van der Waals surface area contributed by atoms with E-state index in [4.69, 9.17) is 4.55 Å². The van der Waals surface area contributed by atoms with Crippen molar-refractivity contribution in [2.24, 2.45) is 0 Å². The molecule has 1 unspecified atom stereocenters. The zero-order valence-corrected chi connectivity index (χ0v) is 7.54. The highest BCUT2D eigenvalue weighted by Gasteiger charge is 2.83. The van der Waals surface area contributed by atoms with Gasteiger partial charge in [-0.2, -0.15) is 34.8 Å². The predicted molar refractivity (Wildman–Crippen MR) is 34.8 cm³/mol. The maximum absolute atomic E-state index is 12.6. The van der Waals surface area contributed by atoms with E-state index < -0.39 is 39.6 Å². The molecule has 0 radical (unpaired) electrons. The molecule has 1 atom stereocenters. The third kappa shape index (κ3) is 1.50. The molecule has 1 rings (SSSR count). The molecule has 0 aromatic rings. The minimum absolute atomic E-state index is 2.31. The molecule has 0 aliphatic heterocycles. The van der Waals surface area contributed by atoms with Crippen LogP contribution in [0.2, 0.25) is 0 Å². The lowest BCUT2D eigenvalue weighted by molar-refractivity contribution is -0.270. The van der Waals surface area contributed by atoms with Gasteiger partial charge in [-0.15, -0.1) is 0 Å². The molecule has 3 nitrogen and oxygen atoms in total. The molecular weight excluding hydrogens is 254 g/mol. The lowest BCUT2D eigenvalue weighted by Crippen LogP contribution is -2.50. The molecule has 1 aliphatic rings. The summed E-state index contributed by atoms with van der Waals surface area (Å²) in [7, 11) is -5.66. The van der Waals surface area contributed by atoms with E-state index in [1.54, 1.807) is 0 Å². The molecule has 10 heteroatoms. The van der Waals surface area contributed by atoms with Gasteiger partial charge in [0, 0.05) is 6.42 Å². The first-order valence-corrected chi connectivity index (χ1v) is 4.94. The summed E-state index contributed by atoms with van der Waals surface area (Å²) in [4.78, 5) is 0. The fourth-order valence-corrected chi connectivity index (χ4v) is 2.17. The third-order valence-corrected chi connectivity index (χ3v) is 3.27. The lowest BCUT2D eigenvalue weighted by Gasteiger charge is -2.23. The van der Waals surface area contributed by atoms with Crippen molar-refractivity contribution < 1.29 is 39.3 Å². The zero-order chi connectivity index (χ0) is 12.3. The van der Waals surface area contributed by atoms with Crippen LogP contribution in [-0.2, 0) is 10.1 Å². The van der Waals surface area contributed by atoms with Crippen molar-refractivity contribution in [3.8, 4) is 0 Å². The van der Waals surface area contributed by atoms with E-state index >= 15 is 0 Å². The largest absolute Gasteiger partial charge is 0.373 e. The van der Waals surface area contributed by atoms with Gasteiger partial charge >= 0.3 is 17.8 Å². The third-order valence-electron chi connectivity index (χ3n) is 2.08. The summed E-state index contributed by atoms with van der Waals surface area (Å²) in [5, 5.41) is -3.49. The molecule has 1 saturated carbocycles. The van der Waals surface area contributed by atoms with Gasteiger partial charge in [0.15, 0.2) is 5.25 Å². The lowest BCUT2D eigenvalue weighted by atomic mass is 10.2. The molecular formula is C5H4F6O3S. The maximum atomic E-state index is 12.6. The summed E-state index contributed by atoms with van der Waals surface area (Å²) in [6.45, 7) is 0. The van der Waals surface area contributed by atoms with Gasteiger partial charge in [0.25, 0.3) is 10.1 Å². The quantitative estimate of drug-likeness (QED) is 0.573. The summed E-state index contributed by atoms with van der Waals surface area (Å²) in [5.74, 6) is -16.5. The van der Waals surface area contributed by atoms with Gasteiger partial charge in [0.2, 0.25) is 0 Å². The topological polar surface area (TPSA) is 54.4 Å². The zero-order valence-electron chi connectivity index (χ0n) is 6.72. The highest BCUT2D eigenvalue weighted by Crippen LogP contribution is 2.57. The first kappa shape index (κ1) is 12.6. The highest BCUT2D eigenvalue weighted by atomic mass is 32.2. The average molecular weight is 258 g/mol. The Balaban J connectivity index is 3.33. The second-order valence-electron chi connectivity index (χ2n) is 3.11. The van der Waals surface area contributed by atoms with Crippen LogP contribution in [0.4, 0.5) is 26.3 Å². The molecule has 1 fully saturated rings. The van der Waals surface area contributed by atoms with Crippen LogP contribution in [0.1, 0.15) is 6.42 Å². The van der Waals surface area contributed by atoms with Gasteiger partial charge < -0.3 is 0 Å². The molecule has 1 N–H and O–H groups in total. The van der Waals surface area contributed by atoms with Crippen molar-refractivity contribution in [2.45, 2.75) is 29.4 Å². The minimum atomic E-state index is -5.79. The Morgan fingerprint density at radius 3 is 1.60 bits per heavy atom. The van der Waals surface area contributed by atoms with Crippen molar-refractivity contribution in [1.29, 1.82) is 0 Å². The van der Waals surface area contributed by atoms with E-state index in [1.807, 2.05) is 0 Å². The van der Waals surface area contributed by atoms with Crippen LogP contribution < -0.4 is 0 Å². The Morgan fingerprint density at radius 2 is 1.47 bits per heavy atom. The van der Waals surface area contributed by atoms with Crippen LogP contribution in [-0.4, -0.2) is 36.0 Å². The maximum Gasteiger partial charge on any atom is 0.373 e. The Hall–Kier alpha value is -0.510. The van der Waals surface area contributed by atoms with Gasteiger partial charge in [-0.05, 0) is 0 Å². The normalized spacial score (nSPS) is 32.9. The summed E-state index contributed by atoms with van der Waals surface area (Å²) < 4.78 is 103. The second-order valence-corrected chi connectivity index (χ2v) is 4.71. The summed E-state index contributed by atoms with van der Waals surface area (Å²) in [5.41, 5.74) is 0. The first-order valence-electron chi connectivity index (χ1n) is 3.44. The molecule has 0 bridgehead atoms. The van der Waals surface area contributed by atoms with Crippen molar-refractivity contribution in [1.82, 2.24) is 0 Å². The van der Waals surface area contributed by atoms with Gasteiger partial charge in [0.05, 0.1) is 0 Å². The van der Waals surface area contributed by atoms with Crippen molar-refractivity contribution >= 4 is 10.1 Å². The van der Waals surface area contributed by atoms with Crippen LogP contribution in [0.5, 0.6) is 0 Å². The second kappa shape index (κ2) is 2.78. The molecule has 90 valence electrons. The molecule has 0 saturated heterocycles. The van der Waals surface area contributed by atoms with E-state index in [0.717, 1.165) is 0 Å². The van der Waals surface area contributed by atoms with Crippen molar-refractivity contribution in [3.05, 3.63) is 0 Å². The monoisotopic (exact) mass is 258 g/mol. The van der Waals surface area contributed by atoms with Crippen LogP contribution >= 0.6 is 0 Å². The molecule has 0 spiro atoms. The first-order chi connectivity index (χ1) is 6.34. The minimum Gasteiger partial charge on any atom is -0.285 e. The van der Waals surface area contributed by atoms with Crippen molar-refractivity contribution in [2.75, 3.05) is 0 Å². The van der Waals surface area contributed by atoms with E-state index in [1.165, 1.54) is 0 Å². The van der Waals surface area contributed by atoms with Gasteiger partial charge in [-0.3, -0.25) is 4.55 Å². The Bertz CT molecular complexity index is 374.